The van der Waals surface area contributed by atoms with E-state index in [9.17, 15) is 14.9 Å². The first kappa shape index (κ1) is 15.4. The summed E-state index contributed by atoms with van der Waals surface area (Å²) in [5.74, 6) is -0.363. The number of non-ortho nitro benzene ring substituents is 1. The smallest absolute Gasteiger partial charge is 0.338 e. The van der Waals surface area contributed by atoms with Crippen molar-refractivity contribution in [2.75, 3.05) is 0 Å². The average Bonchev–Trinajstić information content (AvgIpc) is 2.59. The Bertz CT molecular complexity index is 711. The zero-order valence-electron chi connectivity index (χ0n) is 13.6. The van der Waals surface area contributed by atoms with E-state index in [0.29, 0.717) is 11.0 Å². The maximum absolute atomic E-state index is 12.5. The van der Waals surface area contributed by atoms with E-state index < -0.39 is 4.92 Å². The summed E-state index contributed by atoms with van der Waals surface area (Å²) < 4.78 is 5.85. The number of carbonyl (C=O) groups is 1. The minimum atomic E-state index is -0.468. The van der Waals surface area contributed by atoms with E-state index >= 15 is 0 Å². The van der Waals surface area contributed by atoms with E-state index in [0.717, 1.165) is 25.7 Å². The standard InChI is InChI=1S/C19H21NO4/c21-17(14-5-7-15(8-6-14)20(22)23)24-16-13-18-9-1-3-11-19(16,18)12-4-2-10-18/h1,3,5-8,16H,2,4,9-13H2/t16-,18-,19+/m1/s1. The first-order valence-electron chi connectivity index (χ1n) is 8.67. The first-order chi connectivity index (χ1) is 11.6. The second-order valence-corrected chi connectivity index (χ2v) is 7.43. The van der Waals surface area contributed by atoms with E-state index in [4.69, 9.17) is 4.74 Å². The van der Waals surface area contributed by atoms with E-state index in [1.165, 1.54) is 43.5 Å². The lowest BCUT2D eigenvalue weighted by molar-refractivity contribution is -0.384. The molecule has 24 heavy (non-hydrogen) atoms. The lowest BCUT2D eigenvalue weighted by atomic mass is 9.39. The van der Waals surface area contributed by atoms with Gasteiger partial charge in [-0.05, 0) is 49.7 Å². The summed E-state index contributed by atoms with van der Waals surface area (Å²) in [7, 11) is 0. The molecule has 0 heterocycles. The normalized spacial score (nSPS) is 33.8. The van der Waals surface area contributed by atoms with Crippen LogP contribution in [0, 0.1) is 20.9 Å². The predicted octanol–water partition coefficient (Wildman–Crippen LogP) is 4.42. The van der Waals surface area contributed by atoms with Gasteiger partial charge in [0.1, 0.15) is 6.10 Å². The van der Waals surface area contributed by atoms with Crippen molar-refractivity contribution < 1.29 is 14.5 Å². The van der Waals surface area contributed by atoms with Gasteiger partial charge in [0.05, 0.1) is 10.5 Å². The van der Waals surface area contributed by atoms with E-state index in [2.05, 4.69) is 12.2 Å². The molecule has 1 aromatic rings. The van der Waals surface area contributed by atoms with Crippen molar-refractivity contribution in [2.24, 2.45) is 10.8 Å². The molecule has 0 saturated heterocycles. The number of allylic oxidation sites excluding steroid dienone is 2. The molecule has 5 nitrogen and oxygen atoms in total. The number of nitro benzene ring substituents is 1. The summed E-state index contributed by atoms with van der Waals surface area (Å²) in [4.78, 5) is 22.7. The highest BCUT2D eigenvalue weighted by Gasteiger charge is 2.66. The third kappa shape index (κ3) is 2.10. The molecule has 3 aliphatic rings. The number of nitro groups is 1. The molecular formula is C19H21NO4. The van der Waals surface area contributed by atoms with Gasteiger partial charge < -0.3 is 4.74 Å². The molecule has 3 atom stereocenters. The maximum atomic E-state index is 12.5. The Labute approximate surface area is 140 Å². The van der Waals surface area contributed by atoms with Gasteiger partial charge in [-0.25, -0.2) is 4.79 Å². The Morgan fingerprint density at radius 2 is 1.83 bits per heavy atom. The summed E-state index contributed by atoms with van der Waals surface area (Å²) in [5.41, 5.74) is 0.825. The summed E-state index contributed by atoms with van der Waals surface area (Å²) in [5, 5.41) is 10.7. The van der Waals surface area contributed by atoms with Crippen LogP contribution >= 0.6 is 0 Å². The lowest BCUT2D eigenvalue weighted by Gasteiger charge is -2.67. The van der Waals surface area contributed by atoms with Crippen molar-refractivity contribution in [1.29, 1.82) is 0 Å². The fourth-order valence-electron chi connectivity index (χ4n) is 5.16. The van der Waals surface area contributed by atoms with Gasteiger partial charge in [0.25, 0.3) is 5.69 Å². The highest BCUT2D eigenvalue weighted by atomic mass is 16.6. The third-order valence-electron chi connectivity index (χ3n) is 6.50. The number of nitrogens with zero attached hydrogens (tertiary/aromatic N) is 1. The zero-order chi connectivity index (χ0) is 16.8. The summed E-state index contributed by atoms with van der Waals surface area (Å²) in [6.07, 6.45) is 12.4. The molecule has 0 bridgehead atoms. The molecule has 0 aromatic heterocycles. The molecule has 0 unspecified atom stereocenters. The molecule has 1 aromatic carbocycles. The van der Waals surface area contributed by atoms with Crippen LogP contribution in [0.15, 0.2) is 36.4 Å². The van der Waals surface area contributed by atoms with Gasteiger partial charge in [0, 0.05) is 17.5 Å². The predicted molar refractivity (Wildman–Crippen MR) is 88.6 cm³/mol. The lowest BCUT2D eigenvalue weighted by Crippen LogP contribution is -2.64. The van der Waals surface area contributed by atoms with Crippen LogP contribution in [0.3, 0.4) is 0 Å². The highest BCUT2D eigenvalue weighted by Crippen LogP contribution is 2.70. The molecule has 0 radical (unpaired) electrons. The SMILES string of the molecule is O=C(O[C@@H]1C[C@]23CC=CC[C@]12CCCC3)c1ccc([N+](=O)[O-])cc1. The number of hydrogen-bond donors (Lipinski definition) is 0. The Morgan fingerprint density at radius 1 is 1.12 bits per heavy atom. The molecule has 0 N–H and O–H groups in total. The van der Waals surface area contributed by atoms with Crippen LogP contribution in [-0.2, 0) is 4.74 Å². The minimum absolute atomic E-state index is 0.0162. The molecule has 3 aliphatic carbocycles. The molecule has 2 saturated carbocycles. The fourth-order valence-corrected chi connectivity index (χ4v) is 5.16. The van der Waals surface area contributed by atoms with Crippen molar-refractivity contribution in [1.82, 2.24) is 0 Å². The Balaban J connectivity index is 1.50. The van der Waals surface area contributed by atoms with E-state index in [1.807, 2.05) is 0 Å². The Kier molecular flexibility index (Phi) is 3.48. The van der Waals surface area contributed by atoms with Gasteiger partial charge in [-0.15, -0.1) is 0 Å². The zero-order valence-corrected chi connectivity index (χ0v) is 13.6. The number of ether oxygens (including phenoxy) is 1. The number of rotatable bonds is 3. The molecule has 0 amide bonds. The van der Waals surface area contributed by atoms with Gasteiger partial charge in [-0.1, -0.05) is 25.0 Å². The first-order valence-corrected chi connectivity index (χ1v) is 8.67. The fraction of sp³-hybridized carbons (Fsp3) is 0.526. The minimum Gasteiger partial charge on any atom is -0.458 e. The molecule has 4 rings (SSSR count). The summed E-state index contributed by atoms with van der Waals surface area (Å²) >= 11 is 0. The van der Waals surface area contributed by atoms with Crippen molar-refractivity contribution in [3.63, 3.8) is 0 Å². The third-order valence-corrected chi connectivity index (χ3v) is 6.50. The van der Waals surface area contributed by atoms with E-state index in [-0.39, 0.29) is 23.2 Å². The van der Waals surface area contributed by atoms with Crippen molar-refractivity contribution in [3.8, 4) is 0 Å². The number of esters is 1. The van der Waals surface area contributed by atoms with Gasteiger partial charge in [0.2, 0.25) is 0 Å². The molecule has 126 valence electrons. The second-order valence-electron chi connectivity index (χ2n) is 7.43. The largest absolute Gasteiger partial charge is 0.458 e. The quantitative estimate of drug-likeness (QED) is 0.356. The van der Waals surface area contributed by atoms with Gasteiger partial charge in [-0.2, -0.15) is 0 Å². The van der Waals surface area contributed by atoms with Gasteiger partial charge in [0.15, 0.2) is 0 Å². The van der Waals surface area contributed by atoms with Crippen LogP contribution in [0.4, 0.5) is 5.69 Å². The van der Waals surface area contributed by atoms with E-state index in [1.54, 1.807) is 0 Å². The number of hydrogen-bond acceptors (Lipinski definition) is 4. The molecule has 2 fully saturated rings. The van der Waals surface area contributed by atoms with Crippen molar-refractivity contribution in [3.05, 3.63) is 52.1 Å². The van der Waals surface area contributed by atoms with Crippen LogP contribution in [0.25, 0.3) is 0 Å². The number of benzene rings is 1. The van der Waals surface area contributed by atoms with Crippen molar-refractivity contribution >= 4 is 11.7 Å². The van der Waals surface area contributed by atoms with Crippen LogP contribution in [0.2, 0.25) is 0 Å². The topological polar surface area (TPSA) is 69.4 Å². The van der Waals surface area contributed by atoms with Gasteiger partial charge >= 0.3 is 5.97 Å². The molecule has 0 aliphatic heterocycles. The highest BCUT2D eigenvalue weighted by molar-refractivity contribution is 5.89. The maximum Gasteiger partial charge on any atom is 0.338 e. The van der Waals surface area contributed by atoms with Crippen LogP contribution in [0.5, 0.6) is 0 Å². The van der Waals surface area contributed by atoms with Gasteiger partial charge in [-0.3, -0.25) is 10.1 Å². The summed E-state index contributed by atoms with van der Waals surface area (Å²) in [6.45, 7) is 0. The Hall–Kier alpha value is -2.17. The Morgan fingerprint density at radius 3 is 2.58 bits per heavy atom. The average molecular weight is 327 g/mol. The molecular weight excluding hydrogens is 306 g/mol. The molecule has 0 spiro atoms. The summed E-state index contributed by atoms with van der Waals surface area (Å²) in [6, 6.07) is 5.66. The monoisotopic (exact) mass is 327 g/mol. The second kappa shape index (κ2) is 5.43. The van der Waals surface area contributed by atoms with Crippen molar-refractivity contribution in [2.45, 2.75) is 51.0 Å². The van der Waals surface area contributed by atoms with Crippen LogP contribution in [0.1, 0.15) is 55.3 Å². The number of carbonyl (C=O) groups excluding carboxylic acids is 1. The van der Waals surface area contributed by atoms with Crippen LogP contribution < -0.4 is 0 Å². The molecule has 5 heteroatoms. The van der Waals surface area contributed by atoms with Crippen LogP contribution in [-0.4, -0.2) is 17.0 Å².